The number of nitriles is 1. The summed E-state index contributed by atoms with van der Waals surface area (Å²) in [6, 6.07) is 10.1. The number of piperidine rings is 1. The molecular formula is C15H20N2S. The molecule has 0 spiro atoms. The van der Waals surface area contributed by atoms with E-state index in [1.165, 1.54) is 50.2 Å². The molecule has 0 atom stereocenters. The Hall–Kier alpha value is -0.980. The number of hydrogen-bond acceptors (Lipinski definition) is 3. The fraction of sp³-hybridized carbons (Fsp3) is 0.533. The number of nitrogens with zero attached hydrogens (tertiary/aromatic N) is 2. The highest BCUT2D eigenvalue weighted by Crippen LogP contribution is 2.20. The van der Waals surface area contributed by atoms with E-state index in [0.717, 1.165) is 11.3 Å². The van der Waals surface area contributed by atoms with Gasteiger partial charge in [-0.05, 0) is 62.8 Å². The van der Waals surface area contributed by atoms with Crippen LogP contribution in [-0.4, -0.2) is 30.3 Å². The lowest BCUT2D eigenvalue weighted by atomic mass is 10.1. The van der Waals surface area contributed by atoms with Crippen molar-refractivity contribution in [2.75, 3.05) is 25.4 Å². The maximum absolute atomic E-state index is 8.84. The molecule has 1 aromatic rings. The highest BCUT2D eigenvalue weighted by molar-refractivity contribution is 7.99. The van der Waals surface area contributed by atoms with Crippen LogP contribution < -0.4 is 0 Å². The fourth-order valence-electron chi connectivity index (χ4n) is 2.32. The van der Waals surface area contributed by atoms with Crippen molar-refractivity contribution in [3.05, 3.63) is 29.8 Å². The molecule has 0 radical (unpaired) electrons. The second-order valence-corrected chi connectivity index (χ2v) is 5.91. The van der Waals surface area contributed by atoms with E-state index in [0.29, 0.717) is 0 Å². The molecular weight excluding hydrogens is 240 g/mol. The second-order valence-electron chi connectivity index (χ2n) is 4.74. The topological polar surface area (TPSA) is 27.0 Å². The molecule has 96 valence electrons. The number of rotatable bonds is 5. The number of likely N-dealkylation sites (tertiary alicyclic amines) is 1. The maximum atomic E-state index is 8.84. The summed E-state index contributed by atoms with van der Waals surface area (Å²) in [5, 5.41) is 8.84. The van der Waals surface area contributed by atoms with E-state index >= 15 is 0 Å². The summed E-state index contributed by atoms with van der Waals surface area (Å²) in [6.45, 7) is 3.80. The Labute approximate surface area is 114 Å². The third-order valence-corrected chi connectivity index (χ3v) is 4.38. The molecule has 0 aromatic heterocycles. The van der Waals surface area contributed by atoms with Crippen LogP contribution in [0.1, 0.15) is 31.2 Å². The van der Waals surface area contributed by atoms with Crippen molar-refractivity contribution in [2.45, 2.75) is 30.6 Å². The van der Waals surface area contributed by atoms with Gasteiger partial charge in [-0.25, -0.2) is 0 Å². The molecule has 18 heavy (non-hydrogen) atoms. The predicted molar refractivity (Wildman–Crippen MR) is 76.8 cm³/mol. The summed E-state index contributed by atoms with van der Waals surface area (Å²) in [5.41, 5.74) is 0.760. The van der Waals surface area contributed by atoms with Crippen LogP contribution in [0.25, 0.3) is 0 Å². The zero-order chi connectivity index (χ0) is 12.6. The smallest absolute Gasteiger partial charge is 0.0992 e. The largest absolute Gasteiger partial charge is 0.303 e. The average Bonchev–Trinajstić information content (AvgIpc) is 2.45. The minimum atomic E-state index is 0.760. The molecule has 3 heteroatoms. The molecule has 0 N–H and O–H groups in total. The summed E-state index contributed by atoms with van der Waals surface area (Å²) >= 11 is 1.86. The molecule has 2 nitrogen and oxygen atoms in total. The minimum Gasteiger partial charge on any atom is -0.303 e. The third-order valence-electron chi connectivity index (χ3n) is 3.30. The lowest BCUT2D eigenvalue weighted by molar-refractivity contribution is 0.230. The van der Waals surface area contributed by atoms with Crippen molar-refractivity contribution in [1.29, 1.82) is 5.26 Å². The summed E-state index contributed by atoms with van der Waals surface area (Å²) in [6.07, 6.45) is 5.39. The van der Waals surface area contributed by atoms with Crippen LogP contribution >= 0.6 is 11.8 Å². The van der Waals surface area contributed by atoms with Crippen LogP contribution in [0.15, 0.2) is 29.2 Å². The van der Waals surface area contributed by atoms with Gasteiger partial charge in [-0.3, -0.25) is 0 Å². The first-order valence-electron chi connectivity index (χ1n) is 6.74. The standard InChI is InChI=1S/C15H20N2S/c16-13-14-6-4-7-15(12-14)18-11-5-10-17-8-2-1-3-9-17/h4,6-7,12H,1-3,5,8-11H2. The highest BCUT2D eigenvalue weighted by Gasteiger charge is 2.08. The van der Waals surface area contributed by atoms with Crippen molar-refractivity contribution in [3.63, 3.8) is 0 Å². The van der Waals surface area contributed by atoms with Crippen molar-refractivity contribution >= 4 is 11.8 Å². The summed E-state index contributed by atoms with van der Waals surface area (Å²) in [5.74, 6) is 1.14. The van der Waals surface area contributed by atoms with Gasteiger partial charge in [0.1, 0.15) is 0 Å². The molecule has 0 bridgehead atoms. The molecule has 2 rings (SSSR count). The van der Waals surface area contributed by atoms with Crippen LogP contribution in [0.2, 0.25) is 0 Å². The van der Waals surface area contributed by atoms with Gasteiger partial charge in [-0.15, -0.1) is 11.8 Å². The molecule has 0 aliphatic carbocycles. The van der Waals surface area contributed by atoms with Gasteiger partial charge in [0.05, 0.1) is 11.6 Å². The van der Waals surface area contributed by atoms with Crippen LogP contribution in [0.3, 0.4) is 0 Å². The maximum Gasteiger partial charge on any atom is 0.0992 e. The molecule has 1 heterocycles. The van der Waals surface area contributed by atoms with E-state index < -0.39 is 0 Å². The normalized spacial score (nSPS) is 16.4. The van der Waals surface area contributed by atoms with E-state index in [-0.39, 0.29) is 0 Å². The van der Waals surface area contributed by atoms with Crippen LogP contribution in [0, 0.1) is 11.3 Å². The zero-order valence-corrected chi connectivity index (χ0v) is 11.6. The van der Waals surface area contributed by atoms with Crippen LogP contribution in [-0.2, 0) is 0 Å². The number of hydrogen-bond donors (Lipinski definition) is 0. The average molecular weight is 260 g/mol. The summed E-state index contributed by atoms with van der Waals surface area (Å²) in [7, 11) is 0. The minimum absolute atomic E-state index is 0.760. The Kier molecular flexibility index (Phi) is 5.57. The molecule has 1 aromatic carbocycles. The molecule has 1 aliphatic rings. The monoisotopic (exact) mass is 260 g/mol. The van der Waals surface area contributed by atoms with Gasteiger partial charge in [0, 0.05) is 4.90 Å². The Morgan fingerprint density at radius 2 is 2.06 bits per heavy atom. The van der Waals surface area contributed by atoms with Gasteiger partial charge in [0.25, 0.3) is 0 Å². The Morgan fingerprint density at radius 3 is 2.83 bits per heavy atom. The summed E-state index contributed by atoms with van der Waals surface area (Å²) < 4.78 is 0. The predicted octanol–water partition coefficient (Wildman–Crippen LogP) is 3.53. The molecule has 1 aliphatic heterocycles. The lowest BCUT2D eigenvalue weighted by Crippen LogP contribution is -2.30. The number of benzene rings is 1. The van der Waals surface area contributed by atoms with Crippen LogP contribution in [0.4, 0.5) is 0 Å². The first-order valence-corrected chi connectivity index (χ1v) is 7.72. The zero-order valence-electron chi connectivity index (χ0n) is 10.8. The Balaban J connectivity index is 1.67. The third kappa shape index (κ3) is 4.36. The first kappa shape index (κ1) is 13.5. The van der Waals surface area contributed by atoms with Crippen molar-refractivity contribution in [1.82, 2.24) is 4.90 Å². The van der Waals surface area contributed by atoms with Crippen LogP contribution in [0.5, 0.6) is 0 Å². The van der Waals surface area contributed by atoms with Gasteiger partial charge in [-0.2, -0.15) is 5.26 Å². The van der Waals surface area contributed by atoms with E-state index in [4.69, 9.17) is 5.26 Å². The van der Waals surface area contributed by atoms with E-state index in [9.17, 15) is 0 Å². The molecule has 1 saturated heterocycles. The molecule has 0 amide bonds. The van der Waals surface area contributed by atoms with Crippen molar-refractivity contribution in [3.8, 4) is 6.07 Å². The van der Waals surface area contributed by atoms with Crippen molar-refractivity contribution in [2.24, 2.45) is 0 Å². The fourth-order valence-corrected chi connectivity index (χ4v) is 3.21. The quantitative estimate of drug-likeness (QED) is 0.598. The SMILES string of the molecule is N#Cc1cccc(SCCCN2CCCCC2)c1. The lowest BCUT2D eigenvalue weighted by Gasteiger charge is -2.26. The van der Waals surface area contributed by atoms with Gasteiger partial charge < -0.3 is 4.90 Å². The Morgan fingerprint density at radius 1 is 1.22 bits per heavy atom. The second kappa shape index (κ2) is 7.45. The first-order chi connectivity index (χ1) is 8.88. The van der Waals surface area contributed by atoms with Gasteiger partial charge in [0.2, 0.25) is 0 Å². The van der Waals surface area contributed by atoms with Gasteiger partial charge in [0.15, 0.2) is 0 Å². The molecule has 0 unspecified atom stereocenters. The van der Waals surface area contributed by atoms with E-state index in [1.54, 1.807) is 0 Å². The highest BCUT2D eigenvalue weighted by atomic mass is 32.2. The summed E-state index contributed by atoms with van der Waals surface area (Å²) in [4.78, 5) is 3.79. The molecule has 0 saturated carbocycles. The van der Waals surface area contributed by atoms with Gasteiger partial charge in [-0.1, -0.05) is 12.5 Å². The van der Waals surface area contributed by atoms with Gasteiger partial charge >= 0.3 is 0 Å². The number of thioether (sulfide) groups is 1. The molecule has 1 fully saturated rings. The van der Waals surface area contributed by atoms with Crippen molar-refractivity contribution < 1.29 is 0 Å². The van der Waals surface area contributed by atoms with E-state index in [1.807, 2.05) is 30.0 Å². The van der Waals surface area contributed by atoms with E-state index in [2.05, 4.69) is 17.0 Å². The Bertz CT molecular complexity index is 405.